The van der Waals surface area contributed by atoms with Gasteiger partial charge in [-0.05, 0) is 30.7 Å². The Labute approximate surface area is 150 Å². The molecule has 0 aromatic heterocycles. The van der Waals surface area contributed by atoms with Crippen molar-refractivity contribution in [2.45, 2.75) is 57.7 Å². The Balaban J connectivity index is 2.46. The van der Waals surface area contributed by atoms with Crippen molar-refractivity contribution in [3.8, 4) is 0 Å². The fourth-order valence-corrected chi connectivity index (χ4v) is 2.64. The van der Waals surface area contributed by atoms with E-state index >= 15 is 0 Å². The second-order valence-electron chi connectivity index (χ2n) is 6.82. The minimum atomic E-state index is -0.937. The van der Waals surface area contributed by atoms with Gasteiger partial charge in [0.1, 0.15) is 6.04 Å². The summed E-state index contributed by atoms with van der Waals surface area (Å²) in [6.07, 6.45) is 0.828. The van der Waals surface area contributed by atoms with Gasteiger partial charge in [0.05, 0.1) is 12.5 Å². The average Bonchev–Trinajstić information content (AvgIpc) is 2.58. The van der Waals surface area contributed by atoms with E-state index in [0.717, 1.165) is 12.0 Å². The van der Waals surface area contributed by atoms with E-state index in [0.29, 0.717) is 12.8 Å². The number of nitrogens with one attached hydrogen (secondary N) is 2. The lowest BCUT2D eigenvalue weighted by molar-refractivity contribution is -0.130. The van der Waals surface area contributed by atoms with E-state index in [1.165, 1.54) is 7.05 Å². The molecule has 0 aliphatic rings. The van der Waals surface area contributed by atoms with Gasteiger partial charge in [0.25, 0.3) is 0 Å². The average molecular weight is 349 g/mol. The number of aryl methyl sites for hydroxylation is 1. The van der Waals surface area contributed by atoms with Crippen molar-refractivity contribution < 1.29 is 14.7 Å². The summed E-state index contributed by atoms with van der Waals surface area (Å²) in [7, 11) is 1.54. The molecule has 140 valence electrons. The molecule has 1 rings (SSSR count). The summed E-state index contributed by atoms with van der Waals surface area (Å²) in [4.78, 5) is 24.0. The molecule has 3 atom stereocenters. The Kier molecular flexibility index (Phi) is 9.16. The number of likely N-dealkylation sites (N-methyl/N-ethyl adjacent to an activating group) is 1. The zero-order valence-electron chi connectivity index (χ0n) is 15.4. The zero-order valence-corrected chi connectivity index (χ0v) is 15.4. The van der Waals surface area contributed by atoms with Crippen molar-refractivity contribution in [3.05, 3.63) is 35.9 Å². The van der Waals surface area contributed by atoms with Crippen LogP contribution in [0.25, 0.3) is 0 Å². The highest BCUT2D eigenvalue weighted by atomic mass is 16.3. The molecule has 0 heterocycles. The van der Waals surface area contributed by atoms with Crippen molar-refractivity contribution in [3.63, 3.8) is 0 Å². The summed E-state index contributed by atoms with van der Waals surface area (Å²) in [6.45, 7) is 3.97. The number of benzene rings is 1. The van der Waals surface area contributed by atoms with Crippen LogP contribution in [-0.2, 0) is 16.0 Å². The van der Waals surface area contributed by atoms with Gasteiger partial charge in [-0.1, -0.05) is 44.2 Å². The Morgan fingerprint density at radius 1 is 1.20 bits per heavy atom. The summed E-state index contributed by atoms with van der Waals surface area (Å²) in [5.74, 6) is -0.331. The first kappa shape index (κ1) is 21.1. The number of carbonyl (C=O) groups excluding carboxylic acids is 2. The van der Waals surface area contributed by atoms with Crippen LogP contribution in [0.4, 0.5) is 0 Å². The third-order valence-electron chi connectivity index (χ3n) is 4.10. The number of aliphatic hydroxyl groups excluding tert-OH is 1. The number of rotatable bonds is 10. The smallest absolute Gasteiger partial charge is 0.242 e. The van der Waals surface area contributed by atoms with Crippen LogP contribution < -0.4 is 16.4 Å². The third kappa shape index (κ3) is 8.14. The van der Waals surface area contributed by atoms with Crippen LogP contribution in [0.3, 0.4) is 0 Å². The molecule has 3 unspecified atom stereocenters. The van der Waals surface area contributed by atoms with Crippen LogP contribution in [0.15, 0.2) is 30.3 Å². The first-order chi connectivity index (χ1) is 11.8. The SMILES string of the molecule is CNC(=O)C(CC(C)C)NC(=O)CC(O)C(N)CCc1ccccc1. The number of amides is 2. The van der Waals surface area contributed by atoms with E-state index in [-0.39, 0.29) is 24.2 Å². The second kappa shape index (κ2) is 10.8. The normalized spacial score (nSPS) is 14.6. The van der Waals surface area contributed by atoms with Crippen molar-refractivity contribution in [2.24, 2.45) is 11.7 Å². The van der Waals surface area contributed by atoms with Crippen LogP contribution in [0, 0.1) is 5.92 Å². The van der Waals surface area contributed by atoms with Crippen LogP contribution in [0.2, 0.25) is 0 Å². The molecule has 0 saturated heterocycles. The van der Waals surface area contributed by atoms with Crippen molar-refractivity contribution in [2.75, 3.05) is 7.05 Å². The van der Waals surface area contributed by atoms with Gasteiger partial charge in [0.2, 0.25) is 11.8 Å². The van der Waals surface area contributed by atoms with Crippen molar-refractivity contribution in [1.82, 2.24) is 10.6 Å². The lowest BCUT2D eigenvalue weighted by atomic mass is 9.99. The van der Waals surface area contributed by atoms with Crippen molar-refractivity contribution >= 4 is 11.8 Å². The summed E-state index contributed by atoms with van der Waals surface area (Å²) < 4.78 is 0. The molecular weight excluding hydrogens is 318 g/mol. The molecule has 0 radical (unpaired) electrons. The molecular formula is C19H31N3O3. The van der Waals surface area contributed by atoms with Gasteiger partial charge in [-0.2, -0.15) is 0 Å². The molecule has 2 amide bonds. The van der Waals surface area contributed by atoms with E-state index in [9.17, 15) is 14.7 Å². The predicted molar refractivity (Wildman–Crippen MR) is 98.8 cm³/mol. The minimum absolute atomic E-state index is 0.110. The summed E-state index contributed by atoms with van der Waals surface area (Å²) in [6, 6.07) is 8.79. The third-order valence-corrected chi connectivity index (χ3v) is 4.10. The Hall–Kier alpha value is -1.92. The molecule has 0 bridgehead atoms. The molecule has 0 fully saturated rings. The highest BCUT2D eigenvalue weighted by molar-refractivity contribution is 5.87. The molecule has 5 N–H and O–H groups in total. The highest BCUT2D eigenvalue weighted by Crippen LogP contribution is 2.09. The minimum Gasteiger partial charge on any atom is -0.391 e. The largest absolute Gasteiger partial charge is 0.391 e. The lowest BCUT2D eigenvalue weighted by Gasteiger charge is -2.22. The molecule has 0 aliphatic carbocycles. The molecule has 1 aromatic rings. The van der Waals surface area contributed by atoms with Crippen molar-refractivity contribution in [1.29, 1.82) is 0 Å². The van der Waals surface area contributed by atoms with E-state index in [1.54, 1.807) is 0 Å². The van der Waals surface area contributed by atoms with Crippen LogP contribution in [0.5, 0.6) is 0 Å². The molecule has 0 aliphatic heterocycles. The molecule has 25 heavy (non-hydrogen) atoms. The molecule has 6 nitrogen and oxygen atoms in total. The maximum atomic E-state index is 12.1. The molecule has 1 aromatic carbocycles. The molecule has 6 heteroatoms. The number of nitrogens with two attached hydrogens (primary N) is 1. The van der Waals surface area contributed by atoms with Crippen LogP contribution >= 0.6 is 0 Å². The predicted octanol–water partition coefficient (Wildman–Crippen LogP) is 0.974. The van der Waals surface area contributed by atoms with Gasteiger partial charge >= 0.3 is 0 Å². The summed E-state index contributed by atoms with van der Waals surface area (Å²) >= 11 is 0. The van der Waals surface area contributed by atoms with Crippen LogP contribution in [0.1, 0.15) is 38.7 Å². The van der Waals surface area contributed by atoms with Gasteiger partial charge in [0, 0.05) is 13.1 Å². The Morgan fingerprint density at radius 2 is 1.84 bits per heavy atom. The quantitative estimate of drug-likeness (QED) is 0.505. The number of aliphatic hydroxyl groups is 1. The fraction of sp³-hybridized carbons (Fsp3) is 0.579. The standard InChI is InChI=1S/C19H31N3O3/c1-13(2)11-16(19(25)21-3)22-18(24)12-17(23)15(20)10-9-14-7-5-4-6-8-14/h4-8,13,15-17,23H,9-12,20H2,1-3H3,(H,21,25)(H,22,24). The van der Waals surface area contributed by atoms with E-state index in [4.69, 9.17) is 5.73 Å². The Morgan fingerprint density at radius 3 is 2.40 bits per heavy atom. The summed E-state index contributed by atoms with van der Waals surface area (Å²) in [5, 5.41) is 15.4. The van der Waals surface area contributed by atoms with E-state index < -0.39 is 18.2 Å². The zero-order chi connectivity index (χ0) is 18.8. The van der Waals surface area contributed by atoms with Gasteiger partial charge in [0.15, 0.2) is 0 Å². The maximum absolute atomic E-state index is 12.1. The first-order valence-corrected chi connectivity index (χ1v) is 8.82. The monoisotopic (exact) mass is 349 g/mol. The molecule has 0 spiro atoms. The number of carbonyl (C=O) groups is 2. The Bertz CT molecular complexity index is 534. The number of hydrogen-bond acceptors (Lipinski definition) is 4. The summed E-state index contributed by atoms with van der Waals surface area (Å²) in [5.41, 5.74) is 7.15. The second-order valence-corrected chi connectivity index (χ2v) is 6.82. The lowest BCUT2D eigenvalue weighted by Crippen LogP contribution is -2.48. The van der Waals surface area contributed by atoms with Crippen LogP contribution in [-0.4, -0.2) is 42.2 Å². The molecule has 0 saturated carbocycles. The first-order valence-electron chi connectivity index (χ1n) is 8.82. The number of hydrogen-bond donors (Lipinski definition) is 4. The maximum Gasteiger partial charge on any atom is 0.242 e. The van der Waals surface area contributed by atoms with E-state index in [1.807, 2.05) is 44.2 Å². The van der Waals surface area contributed by atoms with Gasteiger partial charge in [-0.3, -0.25) is 9.59 Å². The van der Waals surface area contributed by atoms with Gasteiger partial charge in [-0.15, -0.1) is 0 Å². The van der Waals surface area contributed by atoms with E-state index in [2.05, 4.69) is 10.6 Å². The highest BCUT2D eigenvalue weighted by Gasteiger charge is 2.24. The fourth-order valence-electron chi connectivity index (χ4n) is 2.64. The van der Waals surface area contributed by atoms with Gasteiger partial charge < -0.3 is 21.5 Å². The topological polar surface area (TPSA) is 104 Å². The van der Waals surface area contributed by atoms with Gasteiger partial charge in [-0.25, -0.2) is 0 Å².